The van der Waals surface area contributed by atoms with E-state index in [9.17, 15) is 14.0 Å². The molecular weight excluding hydrogens is 461 g/mol. The zero-order valence-corrected chi connectivity index (χ0v) is 19.5. The molecule has 11 heteroatoms. The van der Waals surface area contributed by atoms with E-state index in [0.717, 1.165) is 5.01 Å². The van der Waals surface area contributed by atoms with Crippen LogP contribution in [0.4, 0.5) is 20.6 Å². The molecule has 9 nitrogen and oxygen atoms in total. The molecule has 0 bridgehead atoms. The summed E-state index contributed by atoms with van der Waals surface area (Å²) in [5.74, 6) is 0.392. The van der Waals surface area contributed by atoms with Crippen LogP contribution in [0.1, 0.15) is 33.6 Å². The fraction of sp³-hybridized carbons (Fsp3) is 0.304. The van der Waals surface area contributed by atoms with Gasteiger partial charge in [-0.25, -0.2) is 9.18 Å². The number of aromatic nitrogens is 2. The van der Waals surface area contributed by atoms with Gasteiger partial charge in [0.1, 0.15) is 22.3 Å². The number of anilines is 2. The number of urea groups is 1. The lowest BCUT2D eigenvalue weighted by molar-refractivity contribution is 0.102. The van der Waals surface area contributed by atoms with Gasteiger partial charge in [-0.05, 0) is 43.2 Å². The lowest BCUT2D eigenvalue weighted by Crippen LogP contribution is -2.40. The molecule has 3 aromatic rings. The van der Waals surface area contributed by atoms with E-state index < -0.39 is 11.7 Å². The van der Waals surface area contributed by atoms with E-state index in [-0.39, 0.29) is 17.0 Å². The largest absolute Gasteiger partial charge is 0.497 e. The van der Waals surface area contributed by atoms with Gasteiger partial charge in [-0.2, -0.15) is 0 Å². The monoisotopic (exact) mass is 485 g/mol. The molecule has 3 amide bonds. The summed E-state index contributed by atoms with van der Waals surface area (Å²) in [4.78, 5) is 26.9. The number of nitrogens with one attached hydrogen (secondary N) is 2. The van der Waals surface area contributed by atoms with Crippen molar-refractivity contribution in [2.45, 2.75) is 18.8 Å². The number of carbonyl (C=O) groups is 2. The third-order valence-electron chi connectivity index (χ3n) is 5.50. The summed E-state index contributed by atoms with van der Waals surface area (Å²) in [7, 11) is 3.10. The molecule has 34 heavy (non-hydrogen) atoms. The van der Waals surface area contributed by atoms with Gasteiger partial charge in [-0.1, -0.05) is 17.4 Å². The topological polar surface area (TPSA) is 106 Å². The van der Waals surface area contributed by atoms with Crippen LogP contribution < -0.4 is 20.1 Å². The minimum atomic E-state index is -0.434. The number of halogens is 1. The van der Waals surface area contributed by atoms with Gasteiger partial charge >= 0.3 is 6.03 Å². The molecule has 2 heterocycles. The molecule has 0 spiro atoms. The van der Waals surface area contributed by atoms with E-state index in [2.05, 4.69) is 20.8 Å². The number of nitrogens with zero attached hydrogens (tertiary/aromatic N) is 3. The van der Waals surface area contributed by atoms with Crippen molar-refractivity contribution in [1.82, 2.24) is 15.1 Å². The van der Waals surface area contributed by atoms with Crippen LogP contribution in [0.3, 0.4) is 0 Å². The number of methoxy groups -OCH3 is 2. The second kappa shape index (κ2) is 10.5. The lowest BCUT2D eigenvalue weighted by atomic mass is 9.98. The second-order valence-corrected chi connectivity index (χ2v) is 8.68. The van der Waals surface area contributed by atoms with Crippen molar-refractivity contribution < 1.29 is 23.5 Å². The molecule has 178 valence electrons. The zero-order valence-electron chi connectivity index (χ0n) is 18.7. The third-order valence-corrected chi connectivity index (χ3v) is 6.58. The van der Waals surface area contributed by atoms with Crippen LogP contribution in [-0.2, 0) is 0 Å². The van der Waals surface area contributed by atoms with Crippen LogP contribution in [0.25, 0.3) is 0 Å². The number of benzene rings is 2. The molecule has 4 rings (SSSR count). The smallest absolute Gasteiger partial charge is 0.321 e. The molecule has 1 aliphatic rings. The predicted octanol–water partition coefficient (Wildman–Crippen LogP) is 4.36. The van der Waals surface area contributed by atoms with Crippen molar-refractivity contribution >= 4 is 34.6 Å². The van der Waals surface area contributed by atoms with Gasteiger partial charge in [0.05, 0.1) is 19.9 Å². The first-order valence-corrected chi connectivity index (χ1v) is 11.5. The van der Waals surface area contributed by atoms with Crippen molar-refractivity contribution in [3.8, 4) is 11.5 Å². The highest BCUT2D eigenvalue weighted by molar-refractivity contribution is 7.13. The van der Waals surface area contributed by atoms with E-state index in [1.807, 2.05) is 0 Å². The first-order valence-electron chi connectivity index (χ1n) is 10.6. The second-order valence-electron chi connectivity index (χ2n) is 7.67. The maximum Gasteiger partial charge on any atom is 0.321 e. The van der Waals surface area contributed by atoms with Crippen molar-refractivity contribution in [2.24, 2.45) is 0 Å². The summed E-state index contributed by atoms with van der Waals surface area (Å²) < 4.78 is 23.9. The Morgan fingerprint density at radius 3 is 2.56 bits per heavy atom. The molecule has 1 saturated heterocycles. The number of hydrogen-bond acceptors (Lipinski definition) is 7. The molecule has 1 aromatic heterocycles. The molecule has 0 aliphatic carbocycles. The van der Waals surface area contributed by atoms with Crippen LogP contribution in [0.2, 0.25) is 0 Å². The summed E-state index contributed by atoms with van der Waals surface area (Å²) in [6.07, 6.45) is 1.39. The molecule has 0 unspecified atom stereocenters. The standard InChI is InChI=1S/C23H24FN5O4S/c1-32-17-6-7-19(33-2)18(13-17)26-23(31)29-10-8-14(9-11-29)21-27-28-22(34-21)20(30)25-16-5-3-4-15(24)12-16/h3-7,12-14H,8-11H2,1-2H3,(H,25,30)(H,26,31). The van der Waals surface area contributed by atoms with E-state index in [4.69, 9.17) is 9.47 Å². The van der Waals surface area contributed by atoms with Crippen molar-refractivity contribution in [3.63, 3.8) is 0 Å². The Balaban J connectivity index is 1.33. The number of amides is 3. The number of carbonyl (C=O) groups excluding carboxylic acids is 2. The highest BCUT2D eigenvalue weighted by Gasteiger charge is 2.27. The van der Waals surface area contributed by atoms with Crippen LogP contribution in [0, 0.1) is 5.82 Å². The average Bonchev–Trinajstić information content (AvgIpc) is 3.35. The fourth-order valence-corrected chi connectivity index (χ4v) is 4.59. The van der Waals surface area contributed by atoms with E-state index >= 15 is 0 Å². The zero-order chi connectivity index (χ0) is 24.1. The molecule has 0 atom stereocenters. The maximum absolute atomic E-state index is 13.3. The van der Waals surface area contributed by atoms with Crippen LogP contribution in [-0.4, -0.2) is 54.3 Å². The Bertz CT molecular complexity index is 1180. The van der Waals surface area contributed by atoms with E-state index in [1.165, 1.54) is 36.6 Å². The highest BCUT2D eigenvalue weighted by Crippen LogP contribution is 2.32. The Morgan fingerprint density at radius 2 is 1.85 bits per heavy atom. The van der Waals surface area contributed by atoms with Crippen LogP contribution >= 0.6 is 11.3 Å². The van der Waals surface area contributed by atoms with Crippen LogP contribution in [0.15, 0.2) is 42.5 Å². The average molecular weight is 486 g/mol. The molecule has 0 radical (unpaired) electrons. The van der Waals surface area contributed by atoms with Gasteiger partial charge in [0.15, 0.2) is 0 Å². The molecule has 2 N–H and O–H groups in total. The highest BCUT2D eigenvalue weighted by atomic mass is 32.1. The van der Waals surface area contributed by atoms with E-state index in [1.54, 1.807) is 36.3 Å². The molecular formula is C23H24FN5O4S. The quantitative estimate of drug-likeness (QED) is 0.538. The molecule has 2 aromatic carbocycles. The number of ether oxygens (including phenoxy) is 2. The van der Waals surface area contributed by atoms with Gasteiger partial charge in [0.25, 0.3) is 5.91 Å². The summed E-state index contributed by atoms with van der Waals surface area (Å²) >= 11 is 1.21. The van der Waals surface area contributed by atoms with Crippen LogP contribution in [0.5, 0.6) is 11.5 Å². The Hall–Kier alpha value is -3.73. The third kappa shape index (κ3) is 5.42. The SMILES string of the molecule is COc1ccc(OC)c(NC(=O)N2CCC(c3nnc(C(=O)Nc4cccc(F)c4)s3)CC2)c1. The number of likely N-dealkylation sites (tertiary alicyclic amines) is 1. The van der Waals surface area contributed by atoms with Crippen molar-refractivity contribution in [3.05, 3.63) is 58.3 Å². The summed E-state index contributed by atoms with van der Waals surface area (Å²) in [5, 5.41) is 14.7. The normalized spacial score (nSPS) is 13.9. The molecule has 1 fully saturated rings. The van der Waals surface area contributed by atoms with Gasteiger partial charge in [-0.3, -0.25) is 4.79 Å². The Kier molecular flexibility index (Phi) is 7.21. The number of piperidine rings is 1. The lowest BCUT2D eigenvalue weighted by Gasteiger charge is -2.31. The molecule has 0 saturated carbocycles. The van der Waals surface area contributed by atoms with Crippen molar-refractivity contribution in [1.29, 1.82) is 0 Å². The first kappa shape index (κ1) is 23.4. The predicted molar refractivity (Wildman–Crippen MR) is 126 cm³/mol. The number of rotatable bonds is 6. The van der Waals surface area contributed by atoms with Gasteiger partial charge in [0.2, 0.25) is 5.01 Å². The summed E-state index contributed by atoms with van der Waals surface area (Å²) in [6, 6.07) is 10.6. The fourth-order valence-electron chi connectivity index (χ4n) is 3.68. The maximum atomic E-state index is 13.3. The minimum absolute atomic E-state index is 0.101. The van der Waals surface area contributed by atoms with Gasteiger partial charge in [-0.15, -0.1) is 10.2 Å². The molecule has 1 aliphatic heterocycles. The van der Waals surface area contributed by atoms with E-state index in [0.29, 0.717) is 48.8 Å². The summed E-state index contributed by atoms with van der Waals surface area (Å²) in [6.45, 7) is 1.07. The summed E-state index contributed by atoms with van der Waals surface area (Å²) in [5.41, 5.74) is 0.890. The Labute approximate surface area is 199 Å². The van der Waals surface area contributed by atoms with Gasteiger partial charge in [0, 0.05) is 30.8 Å². The van der Waals surface area contributed by atoms with Crippen molar-refractivity contribution in [2.75, 3.05) is 37.9 Å². The Morgan fingerprint density at radius 1 is 1.06 bits per heavy atom. The van der Waals surface area contributed by atoms with Gasteiger partial charge < -0.3 is 25.0 Å². The number of hydrogen-bond donors (Lipinski definition) is 2. The minimum Gasteiger partial charge on any atom is -0.497 e. The first-order chi connectivity index (χ1) is 16.5.